The molecule has 1 fully saturated rings. The molecule has 100 valence electrons. The average Bonchev–Trinajstić information content (AvgIpc) is 2.88. The molecule has 0 amide bonds. The van der Waals surface area contributed by atoms with E-state index in [1.165, 1.54) is 57.3 Å². The van der Waals surface area contributed by atoms with Crippen LogP contribution < -0.4 is 5.73 Å². The van der Waals surface area contributed by atoms with Gasteiger partial charge in [0, 0.05) is 12.2 Å². The number of hydrogen-bond acceptors (Lipinski definition) is 2. The fourth-order valence-electron chi connectivity index (χ4n) is 2.86. The quantitative estimate of drug-likeness (QED) is 0.776. The van der Waals surface area contributed by atoms with Gasteiger partial charge in [-0.2, -0.15) is 0 Å². The van der Waals surface area contributed by atoms with Crippen molar-refractivity contribution in [2.75, 3.05) is 25.4 Å². The molecule has 2 heteroatoms. The van der Waals surface area contributed by atoms with Crippen LogP contribution in [-0.4, -0.2) is 24.5 Å². The molecular formula is C16H26N2. The highest BCUT2D eigenvalue weighted by Crippen LogP contribution is 2.25. The highest BCUT2D eigenvalue weighted by Gasteiger charge is 2.18. The summed E-state index contributed by atoms with van der Waals surface area (Å²) in [6, 6.07) is 8.51. The van der Waals surface area contributed by atoms with Gasteiger partial charge in [0.15, 0.2) is 0 Å². The Morgan fingerprint density at radius 2 is 1.83 bits per heavy atom. The second-order valence-electron chi connectivity index (χ2n) is 5.51. The highest BCUT2D eigenvalue weighted by molar-refractivity contribution is 5.40. The SMILES string of the molecule is CCCCC(CN1CCCC1)c1ccc(N)cc1. The lowest BCUT2D eigenvalue weighted by Crippen LogP contribution is -2.25. The maximum atomic E-state index is 5.78. The van der Waals surface area contributed by atoms with Gasteiger partial charge in [0.1, 0.15) is 0 Å². The van der Waals surface area contributed by atoms with Crippen LogP contribution in [0.3, 0.4) is 0 Å². The van der Waals surface area contributed by atoms with E-state index in [9.17, 15) is 0 Å². The Labute approximate surface area is 111 Å². The number of likely N-dealkylation sites (tertiary alicyclic amines) is 1. The van der Waals surface area contributed by atoms with E-state index in [1.807, 2.05) is 12.1 Å². The van der Waals surface area contributed by atoms with Gasteiger partial charge in [0.2, 0.25) is 0 Å². The lowest BCUT2D eigenvalue weighted by atomic mass is 9.93. The predicted molar refractivity (Wildman–Crippen MR) is 78.8 cm³/mol. The van der Waals surface area contributed by atoms with E-state index in [2.05, 4.69) is 24.0 Å². The highest BCUT2D eigenvalue weighted by atomic mass is 15.1. The first-order valence-electron chi connectivity index (χ1n) is 7.37. The maximum Gasteiger partial charge on any atom is 0.0314 e. The van der Waals surface area contributed by atoms with Crippen molar-refractivity contribution in [3.8, 4) is 0 Å². The third-order valence-corrected chi connectivity index (χ3v) is 3.99. The van der Waals surface area contributed by atoms with E-state index >= 15 is 0 Å². The minimum atomic E-state index is 0.684. The number of unbranched alkanes of at least 4 members (excludes halogenated alkanes) is 1. The Morgan fingerprint density at radius 3 is 2.44 bits per heavy atom. The van der Waals surface area contributed by atoms with Crippen LogP contribution in [0.5, 0.6) is 0 Å². The van der Waals surface area contributed by atoms with Gasteiger partial charge in [0.05, 0.1) is 0 Å². The van der Waals surface area contributed by atoms with Crippen LogP contribution in [0.1, 0.15) is 50.5 Å². The molecule has 1 aliphatic heterocycles. The smallest absolute Gasteiger partial charge is 0.0314 e. The van der Waals surface area contributed by atoms with Crippen LogP contribution in [0, 0.1) is 0 Å². The molecular weight excluding hydrogens is 220 g/mol. The molecule has 1 saturated heterocycles. The largest absolute Gasteiger partial charge is 0.399 e. The van der Waals surface area contributed by atoms with Crippen LogP contribution >= 0.6 is 0 Å². The topological polar surface area (TPSA) is 29.3 Å². The van der Waals surface area contributed by atoms with Crippen molar-refractivity contribution < 1.29 is 0 Å². The fourth-order valence-corrected chi connectivity index (χ4v) is 2.86. The van der Waals surface area contributed by atoms with Crippen molar-refractivity contribution in [1.29, 1.82) is 0 Å². The van der Waals surface area contributed by atoms with Crippen LogP contribution in [0.25, 0.3) is 0 Å². The zero-order chi connectivity index (χ0) is 12.8. The van der Waals surface area contributed by atoms with Crippen molar-refractivity contribution in [2.24, 2.45) is 0 Å². The van der Waals surface area contributed by atoms with Crippen molar-refractivity contribution >= 4 is 5.69 Å². The Bertz CT molecular complexity index is 339. The summed E-state index contributed by atoms with van der Waals surface area (Å²) >= 11 is 0. The number of anilines is 1. The third-order valence-electron chi connectivity index (χ3n) is 3.99. The van der Waals surface area contributed by atoms with Gasteiger partial charge in [-0.05, 0) is 56.0 Å². The fraction of sp³-hybridized carbons (Fsp3) is 0.625. The van der Waals surface area contributed by atoms with Gasteiger partial charge >= 0.3 is 0 Å². The number of benzene rings is 1. The first-order valence-corrected chi connectivity index (χ1v) is 7.37. The summed E-state index contributed by atoms with van der Waals surface area (Å²) in [5.74, 6) is 0.684. The number of rotatable bonds is 6. The molecule has 1 aliphatic rings. The summed E-state index contributed by atoms with van der Waals surface area (Å²) in [7, 11) is 0. The van der Waals surface area contributed by atoms with E-state index in [-0.39, 0.29) is 0 Å². The molecule has 1 atom stereocenters. The first-order chi connectivity index (χ1) is 8.79. The van der Waals surface area contributed by atoms with E-state index in [4.69, 9.17) is 5.73 Å². The van der Waals surface area contributed by atoms with Gasteiger partial charge < -0.3 is 10.6 Å². The van der Waals surface area contributed by atoms with Crippen molar-refractivity contribution in [3.05, 3.63) is 29.8 Å². The summed E-state index contributed by atoms with van der Waals surface area (Å²) in [5, 5.41) is 0. The lowest BCUT2D eigenvalue weighted by Gasteiger charge is -2.24. The van der Waals surface area contributed by atoms with Gasteiger partial charge in [-0.15, -0.1) is 0 Å². The Balaban J connectivity index is 2.00. The molecule has 0 aromatic heterocycles. The Hall–Kier alpha value is -1.02. The molecule has 1 aromatic carbocycles. The molecule has 1 unspecified atom stereocenters. The number of nitrogens with zero attached hydrogens (tertiary/aromatic N) is 1. The van der Waals surface area contributed by atoms with E-state index in [0.29, 0.717) is 5.92 Å². The monoisotopic (exact) mass is 246 g/mol. The predicted octanol–water partition coefficient (Wildman–Crippen LogP) is 3.64. The minimum absolute atomic E-state index is 0.684. The minimum Gasteiger partial charge on any atom is -0.399 e. The zero-order valence-corrected chi connectivity index (χ0v) is 11.6. The van der Waals surface area contributed by atoms with Gasteiger partial charge in [-0.3, -0.25) is 0 Å². The molecule has 2 N–H and O–H groups in total. The number of hydrogen-bond donors (Lipinski definition) is 1. The van der Waals surface area contributed by atoms with Crippen LogP contribution in [0.15, 0.2) is 24.3 Å². The van der Waals surface area contributed by atoms with Gasteiger partial charge in [0.25, 0.3) is 0 Å². The van der Waals surface area contributed by atoms with Crippen molar-refractivity contribution in [2.45, 2.75) is 44.9 Å². The molecule has 18 heavy (non-hydrogen) atoms. The Morgan fingerprint density at radius 1 is 1.17 bits per heavy atom. The third kappa shape index (κ3) is 3.74. The lowest BCUT2D eigenvalue weighted by molar-refractivity contribution is 0.305. The first kappa shape index (κ1) is 13.4. The summed E-state index contributed by atoms with van der Waals surface area (Å²) in [5.41, 5.74) is 8.11. The van der Waals surface area contributed by atoms with Gasteiger partial charge in [-0.1, -0.05) is 31.9 Å². The zero-order valence-electron chi connectivity index (χ0n) is 11.6. The van der Waals surface area contributed by atoms with Crippen LogP contribution in [-0.2, 0) is 0 Å². The summed E-state index contributed by atoms with van der Waals surface area (Å²) in [4.78, 5) is 2.62. The molecule has 0 saturated carbocycles. The second-order valence-corrected chi connectivity index (χ2v) is 5.51. The summed E-state index contributed by atoms with van der Waals surface area (Å²) < 4.78 is 0. The van der Waals surface area contributed by atoms with E-state index in [0.717, 1.165) is 5.69 Å². The number of nitrogen functional groups attached to an aromatic ring is 1. The van der Waals surface area contributed by atoms with Gasteiger partial charge in [-0.25, -0.2) is 0 Å². The maximum absolute atomic E-state index is 5.78. The number of nitrogens with two attached hydrogens (primary N) is 1. The van der Waals surface area contributed by atoms with Crippen molar-refractivity contribution in [3.63, 3.8) is 0 Å². The Kier molecular flexibility index (Phi) is 5.06. The normalized spacial score (nSPS) is 18.1. The molecule has 0 spiro atoms. The van der Waals surface area contributed by atoms with Crippen LogP contribution in [0.2, 0.25) is 0 Å². The summed E-state index contributed by atoms with van der Waals surface area (Å²) in [6.07, 6.45) is 6.66. The van der Waals surface area contributed by atoms with E-state index < -0.39 is 0 Å². The standard InChI is InChI=1S/C16H26N2/c1-2-3-6-15(13-18-11-4-5-12-18)14-7-9-16(17)10-8-14/h7-10,15H,2-6,11-13,17H2,1H3. The molecule has 2 nitrogen and oxygen atoms in total. The second kappa shape index (κ2) is 6.79. The molecule has 0 aliphatic carbocycles. The average molecular weight is 246 g/mol. The van der Waals surface area contributed by atoms with Crippen LogP contribution in [0.4, 0.5) is 5.69 Å². The molecule has 2 rings (SSSR count). The van der Waals surface area contributed by atoms with E-state index in [1.54, 1.807) is 0 Å². The summed E-state index contributed by atoms with van der Waals surface area (Å²) in [6.45, 7) is 6.08. The van der Waals surface area contributed by atoms with Crippen molar-refractivity contribution in [1.82, 2.24) is 4.90 Å². The molecule has 1 aromatic rings. The molecule has 1 heterocycles. The molecule has 0 radical (unpaired) electrons. The molecule has 0 bridgehead atoms.